The average Bonchev–Trinajstić information content (AvgIpc) is 3.89. The Kier molecular flexibility index (Phi) is 13.0. The van der Waals surface area contributed by atoms with Gasteiger partial charge in [-0.25, -0.2) is 0 Å². The molecule has 2 heterocycles. The van der Waals surface area contributed by atoms with Gasteiger partial charge in [-0.1, -0.05) is 220 Å². The molecule has 0 fully saturated rings. The Bertz CT molecular complexity index is 3650. The number of unbranched alkanes of at least 4 members (excludes halogenated alkanes) is 2. The summed E-state index contributed by atoms with van der Waals surface area (Å²) in [5, 5.41) is 0. The first-order valence-electron chi connectivity index (χ1n) is 29.9. The van der Waals surface area contributed by atoms with Gasteiger partial charge in [0.05, 0.1) is 33.6 Å². The lowest BCUT2D eigenvalue weighted by molar-refractivity contribution is 0.656. The highest BCUT2D eigenvalue weighted by Gasteiger charge is 2.52. The molecule has 10 aromatic carbocycles. The molecule has 2 aliphatic heterocycles. The van der Waals surface area contributed by atoms with E-state index in [2.05, 4.69) is 285 Å². The summed E-state index contributed by atoms with van der Waals surface area (Å²) in [5.41, 5.74) is 31.3. The van der Waals surface area contributed by atoms with Gasteiger partial charge in [-0.2, -0.15) is 0 Å². The molecule has 0 saturated heterocycles. The van der Waals surface area contributed by atoms with Crippen molar-refractivity contribution in [2.45, 2.75) is 124 Å². The maximum absolute atomic E-state index is 2.66. The second-order valence-corrected chi connectivity index (χ2v) is 24.7. The molecule has 1 aliphatic carbocycles. The first kappa shape index (κ1) is 52.2. The standard InChI is InChI=1S/C79H76N2/c1-11-13-15-57-27-39-63(40-28-57)80-73-43-25-55(7)45-69(73)78(59-31-17-51(3)18-32-59,60-33-19-52(4)20-34-60)71-47-65-66-48-72-76(50-68(66)77(9,10)67(65)49-75(71)80)81(64-41-29-58(30-42-64)16-14-12-2)74-44-26-56(8)46-70(74)79(72,61-35-21-53(5)22-36-61)62-37-23-54(6)24-38-62/h17-50H,11-16H2,1-10H3. The SMILES string of the molecule is CCCCc1ccc(N2c3ccc(C)cc3C(c3ccc(C)cc3)(c3ccc(C)cc3)c3cc4c(cc32)C(C)(C)c2cc3c(cc2-4)C(c2ccc(C)cc2)(c2ccc(C)cc2)c2cc(C)ccc2N3c2ccc(CCCC)cc2)cc1. The van der Waals surface area contributed by atoms with Crippen LogP contribution in [0, 0.1) is 41.5 Å². The third-order valence-corrected chi connectivity index (χ3v) is 18.8. The van der Waals surface area contributed by atoms with E-state index in [1.807, 2.05) is 0 Å². The van der Waals surface area contributed by atoms with Crippen molar-refractivity contribution in [3.63, 3.8) is 0 Å². The Hall–Kier alpha value is -8.20. The molecule has 0 unspecified atom stereocenters. The summed E-state index contributed by atoms with van der Waals surface area (Å²) >= 11 is 0. The van der Waals surface area contributed by atoms with Crippen LogP contribution in [0.2, 0.25) is 0 Å². The highest BCUT2D eigenvalue weighted by atomic mass is 15.2. The maximum Gasteiger partial charge on any atom is 0.0742 e. The third kappa shape index (κ3) is 8.26. The summed E-state index contributed by atoms with van der Waals surface area (Å²) in [5.74, 6) is 0. The van der Waals surface area contributed by atoms with Gasteiger partial charge in [-0.05, 0) is 206 Å². The van der Waals surface area contributed by atoms with Gasteiger partial charge in [0.25, 0.3) is 0 Å². The van der Waals surface area contributed by atoms with Gasteiger partial charge in [-0.15, -0.1) is 0 Å². The molecule has 0 bridgehead atoms. The highest BCUT2D eigenvalue weighted by molar-refractivity contribution is 5.98. The zero-order valence-corrected chi connectivity index (χ0v) is 49.3. The number of anilines is 6. The Morgan fingerprint density at radius 1 is 0.296 bits per heavy atom. The second-order valence-electron chi connectivity index (χ2n) is 24.7. The van der Waals surface area contributed by atoms with Crippen LogP contribution in [0.5, 0.6) is 0 Å². The van der Waals surface area contributed by atoms with Crippen molar-refractivity contribution in [2.75, 3.05) is 9.80 Å². The van der Waals surface area contributed by atoms with Crippen LogP contribution in [0.3, 0.4) is 0 Å². The van der Waals surface area contributed by atoms with Crippen LogP contribution in [0.25, 0.3) is 11.1 Å². The Morgan fingerprint density at radius 3 is 0.901 bits per heavy atom. The number of fused-ring (bicyclic) bond motifs is 7. The van der Waals surface area contributed by atoms with Crippen LogP contribution in [-0.4, -0.2) is 0 Å². The smallest absolute Gasteiger partial charge is 0.0742 e. The van der Waals surface area contributed by atoms with E-state index in [0.717, 1.165) is 12.8 Å². The van der Waals surface area contributed by atoms with E-state index in [4.69, 9.17) is 0 Å². The van der Waals surface area contributed by atoms with Crippen LogP contribution >= 0.6 is 0 Å². The average molecular weight is 1050 g/mol. The molecule has 0 saturated carbocycles. The van der Waals surface area contributed by atoms with E-state index in [-0.39, 0.29) is 5.41 Å². The molecule has 0 spiro atoms. The zero-order valence-electron chi connectivity index (χ0n) is 49.3. The summed E-state index contributed by atoms with van der Waals surface area (Å²) in [6.45, 7) is 22.9. The fourth-order valence-electron chi connectivity index (χ4n) is 14.3. The van der Waals surface area contributed by atoms with Crippen molar-refractivity contribution < 1.29 is 0 Å². The fraction of sp³-hybridized carbons (Fsp3) is 0.241. The highest BCUT2D eigenvalue weighted by Crippen LogP contribution is 2.65. The monoisotopic (exact) mass is 1050 g/mol. The molecule has 2 heteroatoms. The van der Waals surface area contributed by atoms with Crippen LogP contribution in [-0.2, 0) is 29.1 Å². The first-order valence-corrected chi connectivity index (χ1v) is 29.9. The van der Waals surface area contributed by atoms with Gasteiger partial charge in [-0.3, -0.25) is 0 Å². The lowest BCUT2D eigenvalue weighted by atomic mass is 9.61. The molecule has 3 aliphatic rings. The topological polar surface area (TPSA) is 6.48 Å². The van der Waals surface area contributed by atoms with Crippen molar-refractivity contribution in [3.8, 4) is 11.1 Å². The number of aryl methyl sites for hydroxylation is 8. The van der Waals surface area contributed by atoms with Crippen molar-refractivity contribution in [2.24, 2.45) is 0 Å². The number of nitrogens with zero attached hydrogens (tertiary/aromatic N) is 2. The molecule has 13 rings (SSSR count). The number of hydrogen-bond acceptors (Lipinski definition) is 2. The zero-order chi connectivity index (χ0) is 56.0. The van der Waals surface area contributed by atoms with E-state index in [1.165, 1.54) is 171 Å². The molecule has 10 aromatic rings. The van der Waals surface area contributed by atoms with Gasteiger partial charge >= 0.3 is 0 Å². The van der Waals surface area contributed by atoms with E-state index in [1.54, 1.807) is 0 Å². The molecule has 0 amide bonds. The summed E-state index contributed by atoms with van der Waals surface area (Å²) < 4.78 is 0. The molecular formula is C79H76N2. The van der Waals surface area contributed by atoms with Crippen molar-refractivity contribution >= 4 is 34.1 Å². The van der Waals surface area contributed by atoms with Crippen molar-refractivity contribution in [3.05, 3.63) is 306 Å². The molecule has 81 heavy (non-hydrogen) atoms. The lowest BCUT2D eigenvalue weighted by Crippen LogP contribution is -2.38. The molecule has 0 radical (unpaired) electrons. The van der Waals surface area contributed by atoms with Gasteiger partial charge in [0.2, 0.25) is 0 Å². The minimum atomic E-state index is -0.671. The fourth-order valence-corrected chi connectivity index (χ4v) is 14.3. The quantitative estimate of drug-likeness (QED) is 0.120. The van der Waals surface area contributed by atoms with Gasteiger partial charge in [0.15, 0.2) is 0 Å². The predicted octanol–water partition coefficient (Wildman–Crippen LogP) is 20.9. The van der Waals surface area contributed by atoms with E-state index in [0.29, 0.717) is 0 Å². The van der Waals surface area contributed by atoms with Crippen LogP contribution in [0.15, 0.2) is 206 Å². The summed E-state index contributed by atoms with van der Waals surface area (Å²) in [6, 6.07) is 81.8. The first-order chi connectivity index (χ1) is 39.2. The van der Waals surface area contributed by atoms with Crippen molar-refractivity contribution in [1.82, 2.24) is 0 Å². The normalized spacial score (nSPS) is 14.8. The van der Waals surface area contributed by atoms with Crippen LogP contribution < -0.4 is 9.80 Å². The van der Waals surface area contributed by atoms with E-state index < -0.39 is 10.8 Å². The third-order valence-electron chi connectivity index (χ3n) is 18.8. The summed E-state index contributed by atoms with van der Waals surface area (Å²) in [7, 11) is 0. The molecule has 0 N–H and O–H groups in total. The molecule has 402 valence electrons. The van der Waals surface area contributed by atoms with Gasteiger partial charge < -0.3 is 9.80 Å². The largest absolute Gasteiger partial charge is 0.310 e. The molecule has 0 aromatic heterocycles. The van der Waals surface area contributed by atoms with Crippen LogP contribution in [0.1, 0.15) is 154 Å². The minimum absolute atomic E-state index is 0.381. The number of rotatable bonds is 12. The Balaban J connectivity index is 1.16. The predicted molar refractivity (Wildman–Crippen MR) is 343 cm³/mol. The Morgan fingerprint density at radius 2 is 0.593 bits per heavy atom. The molecule has 2 nitrogen and oxygen atoms in total. The maximum atomic E-state index is 2.66. The Labute approximate surface area is 482 Å². The van der Waals surface area contributed by atoms with E-state index >= 15 is 0 Å². The number of hydrogen-bond donors (Lipinski definition) is 0. The van der Waals surface area contributed by atoms with Crippen LogP contribution in [0.4, 0.5) is 34.1 Å². The lowest BCUT2D eigenvalue weighted by Gasteiger charge is -2.47. The second kappa shape index (κ2) is 20.1. The van der Waals surface area contributed by atoms with Gasteiger partial charge in [0.1, 0.15) is 0 Å². The van der Waals surface area contributed by atoms with Crippen molar-refractivity contribution in [1.29, 1.82) is 0 Å². The van der Waals surface area contributed by atoms with E-state index in [9.17, 15) is 0 Å². The molecular weight excluding hydrogens is 977 g/mol. The summed E-state index contributed by atoms with van der Waals surface area (Å²) in [4.78, 5) is 5.20. The molecule has 0 atom stereocenters. The minimum Gasteiger partial charge on any atom is -0.310 e. The summed E-state index contributed by atoms with van der Waals surface area (Å²) in [6.07, 6.45) is 6.88. The van der Waals surface area contributed by atoms with Gasteiger partial charge in [0, 0.05) is 16.8 Å². The number of benzene rings is 10.